The highest BCUT2D eigenvalue weighted by atomic mass is 19.4. The molecule has 1 aliphatic carbocycles. The minimum absolute atomic E-state index is 0.206. The van der Waals surface area contributed by atoms with Crippen molar-refractivity contribution in [1.82, 2.24) is 9.78 Å². The van der Waals surface area contributed by atoms with E-state index in [9.17, 15) is 18.0 Å². The van der Waals surface area contributed by atoms with Gasteiger partial charge in [0, 0.05) is 11.5 Å². The van der Waals surface area contributed by atoms with Gasteiger partial charge in [-0.1, -0.05) is 31.4 Å². The summed E-state index contributed by atoms with van der Waals surface area (Å²) in [5, 5.41) is 13.9. The maximum Gasteiger partial charge on any atom is 0.573 e. The van der Waals surface area contributed by atoms with Crippen molar-refractivity contribution in [2.45, 2.75) is 50.9 Å². The van der Waals surface area contributed by atoms with Crippen LogP contribution in [0, 0.1) is 0 Å². The van der Waals surface area contributed by atoms with Gasteiger partial charge in [-0.15, -0.1) is 13.2 Å². The lowest BCUT2D eigenvalue weighted by molar-refractivity contribution is -0.274. The molecule has 5 nitrogen and oxygen atoms in total. The maximum atomic E-state index is 12.5. The number of carboxylic acid groups (broad SMARTS) is 1. The van der Waals surface area contributed by atoms with Crippen LogP contribution in [0.2, 0.25) is 0 Å². The Labute approximate surface area is 183 Å². The van der Waals surface area contributed by atoms with Gasteiger partial charge in [0.25, 0.3) is 0 Å². The van der Waals surface area contributed by atoms with E-state index in [1.165, 1.54) is 18.6 Å². The van der Waals surface area contributed by atoms with Crippen LogP contribution in [0.3, 0.4) is 0 Å². The fourth-order valence-electron chi connectivity index (χ4n) is 4.14. The first-order valence-electron chi connectivity index (χ1n) is 10.5. The van der Waals surface area contributed by atoms with Crippen molar-refractivity contribution in [2.75, 3.05) is 0 Å². The molecule has 0 aliphatic heterocycles. The van der Waals surface area contributed by atoms with Crippen molar-refractivity contribution in [2.24, 2.45) is 0 Å². The zero-order chi connectivity index (χ0) is 22.7. The van der Waals surface area contributed by atoms with E-state index in [1.54, 1.807) is 36.4 Å². The third kappa shape index (κ3) is 5.30. The van der Waals surface area contributed by atoms with Crippen LogP contribution >= 0.6 is 0 Å². The average molecular weight is 444 g/mol. The number of nitrogens with zero attached hydrogens (tertiary/aromatic N) is 2. The van der Waals surface area contributed by atoms with E-state index in [4.69, 9.17) is 10.2 Å². The Morgan fingerprint density at radius 1 is 1.03 bits per heavy atom. The summed E-state index contributed by atoms with van der Waals surface area (Å²) in [5.74, 6) is -0.896. The predicted molar refractivity (Wildman–Crippen MR) is 113 cm³/mol. The van der Waals surface area contributed by atoms with Crippen LogP contribution in [0.1, 0.15) is 59.6 Å². The van der Waals surface area contributed by atoms with Gasteiger partial charge < -0.3 is 9.84 Å². The second kappa shape index (κ2) is 9.06. The molecule has 0 radical (unpaired) electrons. The fraction of sp³-hybridized carbons (Fsp3) is 0.333. The lowest BCUT2D eigenvalue weighted by Gasteiger charge is -2.19. The highest BCUT2D eigenvalue weighted by molar-refractivity contribution is 5.87. The number of rotatable bonds is 6. The molecule has 2 aromatic carbocycles. The Morgan fingerprint density at radius 2 is 1.69 bits per heavy atom. The molecule has 4 rings (SSSR count). The van der Waals surface area contributed by atoms with E-state index < -0.39 is 12.3 Å². The number of hydrogen-bond acceptors (Lipinski definition) is 3. The van der Waals surface area contributed by atoms with E-state index in [0.29, 0.717) is 12.5 Å². The minimum Gasteiger partial charge on any atom is -0.478 e. The highest BCUT2D eigenvalue weighted by Gasteiger charge is 2.31. The summed E-state index contributed by atoms with van der Waals surface area (Å²) < 4.78 is 43.3. The predicted octanol–water partition coefficient (Wildman–Crippen LogP) is 6.24. The first kappa shape index (κ1) is 21.9. The van der Waals surface area contributed by atoms with Gasteiger partial charge in [0.15, 0.2) is 0 Å². The van der Waals surface area contributed by atoms with Gasteiger partial charge in [-0.05, 0) is 60.9 Å². The zero-order valence-electron chi connectivity index (χ0n) is 17.3. The molecule has 3 aromatic rings. The van der Waals surface area contributed by atoms with E-state index in [1.807, 2.05) is 10.7 Å². The van der Waals surface area contributed by atoms with Crippen molar-refractivity contribution in [3.63, 3.8) is 0 Å². The van der Waals surface area contributed by atoms with Crippen LogP contribution in [0.5, 0.6) is 5.75 Å². The van der Waals surface area contributed by atoms with Crippen molar-refractivity contribution >= 4 is 5.97 Å². The average Bonchev–Trinajstić information content (AvgIpc) is 3.18. The molecule has 1 N–H and O–H groups in total. The molecule has 0 amide bonds. The molecule has 0 saturated heterocycles. The summed E-state index contributed by atoms with van der Waals surface area (Å²) in [4.78, 5) is 11.1. The molecule has 1 heterocycles. The molecular formula is C24H23F3N2O3. The smallest absolute Gasteiger partial charge is 0.478 e. The quantitative estimate of drug-likeness (QED) is 0.489. The van der Waals surface area contributed by atoms with Gasteiger partial charge in [-0.25, -0.2) is 4.79 Å². The first-order valence-corrected chi connectivity index (χ1v) is 10.5. The standard InChI is InChI=1S/C24H23F3N2O3/c25-24(26,27)32-20-12-10-18(11-13-20)22-14-21(17-4-2-1-3-5-17)28-29(22)15-16-6-8-19(9-7-16)23(30)31/h6-14,17H,1-5,15H2,(H,30,31). The summed E-state index contributed by atoms with van der Waals surface area (Å²) in [7, 11) is 0. The highest BCUT2D eigenvalue weighted by Crippen LogP contribution is 2.35. The molecule has 0 unspecified atom stereocenters. The largest absolute Gasteiger partial charge is 0.573 e. The number of carbonyl (C=O) groups is 1. The molecular weight excluding hydrogens is 421 g/mol. The van der Waals surface area contributed by atoms with Crippen molar-refractivity contribution < 1.29 is 27.8 Å². The zero-order valence-corrected chi connectivity index (χ0v) is 17.3. The van der Waals surface area contributed by atoms with Crippen LogP contribution in [0.4, 0.5) is 13.2 Å². The Hall–Kier alpha value is -3.29. The van der Waals surface area contributed by atoms with E-state index in [0.717, 1.165) is 48.2 Å². The van der Waals surface area contributed by atoms with Crippen LogP contribution in [0.25, 0.3) is 11.3 Å². The number of aromatic carboxylic acids is 1. The third-order valence-corrected chi connectivity index (χ3v) is 5.74. The second-order valence-corrected chi connectivity index (χ2v) is 8.02. The SMILES string of the molecule is O=C(O)c1ccc(Cn2nc(C3CCCCC3)cc2-c2ccc(OC(F)(F)F)cc2)cc1. The molecule has 0 bridgehead atoms. The van der Waals surface area contributed by atoms with Gasteiger partial charge in [0.05, 0.1) is 23.5 Å². The maximum absolute atomic E-state index is 12.5. The van der Waals surface area contributed by atoms with Crippen LogP contribution < -0.4 is 4.74 Å². The third-order valence-electron chi connectivity index (χ3n) is 5.74. The molecule has 8 heteroatoms. The molecule has 32 heavy (non-hydrogen) atoms. The van der Waals surface area contributed by atoms with Gasteiger partial charge >= 0.3 is 12.3 Å². The Balaban J connectivity index is 1.64. The molecule has 0 atom stereocenters. The lowest BCUT2D eigenvalue weighted by Crippen LogP contribution is -2.16. The summed E-state index contributed by atoms with van der Waals surface area (Å²) in [6.45, 7) is 0.419. The van der Waals surface area contributed by atoms with Crippen molar-refractivity contribution in [3.8, 4) is 17.0 Å². The molecule has 1 aromatic heterocycles. The molecule has 1 aliphatic rings. The summed E-state index contributed by atoms with van der Waals surface area (Å²) >= 11 is 0. The first-order chi connectivity index (χ1) is 15.3. The number of carboxylic acids is 1. The van der Waals surface area contributed by atoms with E-state index in [2.05, 4.69) is 4.74 Å². The number of benzene rings is 2. The summed E-state index contributed by atoms with van der Waals surface area (Å²) in [5.41, 5.74) is 3.60. The summed E-state index contributed by atoms with van der Waals surface area (Å²) in [6, 6.07) is 14.4. The van der Waals surface area contributed by atoms with Crippen LogP contribution in [0.15, 0.2) is 54.6 Å². The molecule has 1 saturated carbocycles. The number of hydrogen-bond donors (Lipinski definition) is 1. The number of ether oxygens (including phenoxy) is 1. The minimum atomic E-state index is -4.74. The fourth-order valence-corrected chi connectivity index (χ4v) is 4.14. The number of alkyl halides is 3. The topological polar surface area (TPSA) is 64.3 Å². The van der Waals surface area contributed by atoms with Gasteiger partial charge in [-0.3, -0.25) is 4.68 Å². The molecule has 0 spiro atoms. The molecule has 1 fully saturated rings. The van der Waals surface area contributed by atoms with E-state index in [-0.39, 0.29) is 11.3 Å². The van der Waals surface area contributed by atoms with Crippen molar-refractivity contribution in [3.05, 3.63) is 71.4 Å². The van der Waals surface area contributed by atoms with Gasteiger partial charge in [0.1, 0.15) is 5.75 Å². The Morgan fingerprint density at radius 3 is 2.28 bits per heavy atom. The Bertz CT molecular complexity index is 1070. The monoisotopic (exact) mass is 444 g/mol. The Kier molecular flexibility index (Phi) is 6.21. The van der Waals surface area contributed by atoms with Gasteiger partial charge in [0.2, 0.25) is 0 Å². The van der Waals surface area contributed by atoms with Crippen LogP contribution in [-0.4, -0.2) is 27.2 Å². The number of aromatic nitrogens is 2. The van der Waals surface area contributed by atoms with E-state index >= 15 is 0 Å². The molecule has 168 valence electrons. The van der Waals surface area contributed by atoms with Crippen LogP contribution in [-0.2, 0) is 6.54 Å². The lowest BCUT2D eigenvalue weighted by atomic mass is 9.87. The number of halogens is 3. The van der Waals surface area contributed by atoms with Gasteiger partial charge in [-0.2, -0.15) is 5.10 Å². The summed E-state index contributed by atoms with van der Waals surface area (Å²) in [6.07, 6.45) is 0.949. The second-order valence-electron chi connectivity index (χ2n) is 8.02. The van der Waals surface area contributed by atoms with Crippen molar-refractivity contribution in [1.29, 1.82) is 0 Å². The normalized spacial score (nSPS) is 15.0.